The van der Waals surface area contributed by atoms with Gasteiger partial charge in [0.2, 0.25) is 5.95 Å². The molecule has 126 valence electrons. The van der Waals surface area contributed by atoms with Gasteiger partial charge in [-0.15, -0.1) is 0 Å². The number of nitrogens with zero attached hydrogens (tertiary/aromatic N) is 6. The molecule has 0 N–H and O–H groups in total. The molecular formula is C17H22N6O. The van der Waals surface area contributed by atoms with Gasteiger partial charge in [-0.3, -0.25) is 4.79 Å². The Hall–Kier alpha value is -2.44. The van der Waals surface area contributed by atoms with Gasteiger partial charge in [0, 0.05) is 51.3 Å². The first-order chi connectivity index (χ1) is 11.6. The minimum atomic E-state index is -0.0105. The highest BCUT2D eigenvalue weighted by Crippen LogP contribution is 2.38. The van der Waals surface area contributed by atoms with Gasteiger partial charge in [0.25, 0.3) is 5.56 Å². The summed E-state index contributed by atoms with van der Waals surface area (Å²) in [6.07, 6.45) is 4.18. The van der Waals surface area contributed by atoms with Gasteiger partial charge in [0.1, 0.15) is 5.82 Å². The van der Waals surface area contributed by atoms with Crippen LogP contribution in [0.5, 0.6) is 0 Å². The van der Waals surface area contributed by atoms with Crippen LogP contribution < -0.4 is 15.4 Å². The van der Waals surface area contributed by atoms with Crippen molar-refractivity contribution in [2.75, 3.05) is 37.0 Å². The quantitative estimate of drug-likeness (QED) is 0.820. The Kier molecular flexibility index (Phi) is 3.70. The van der Waals surface area contributed by atoms with E-state index in [-0.39, 0.29) is 5.56 Å². The van der Waals surface area contributed by atoms with Crippen molar-refractivity contribution in [2.45, 2.75) is 25.3 Å². The van der Waals surface area contributed by atoms with Gasteiger partial charge < -0.3 is 9.80 Å². The Morgan fingerprint density at radius 1 is 1.21 bits per heavy atom. The number of aromatic nitrogens is 4. The molecular weight excluding hydrogens is 304 g/mol. The molecule has 0 atom stereocenters. The van der Waals surface area contributed by atoms with E-state index in [0.717, 1.165) is 30.5 Å². The topological polar surface area (TPSA) is 67.2 Å². The Morgan fingerprint density at radius 2 is 2.00 bits per heavy atom. The minimum absolute atomic E-state index is 0.0105. The summed E-state index contributed by atoms with van der Waals surface area (Å²) < 4.78 is 1.63. The minimum Gasteiger partial charge on any atom is -0.363 e. The van der Waals surface area contributed by atoms with E-state index in [4.69, 9.17) is 0 Å². The Labute approximate surface area is 140 Å². The van der Waals surface area contributed by atoms with E-state index in [1.165, 1.54) is 12.8 Å². The van der Waals surface area contributed by atoms with E-state index in [0.29, 0.717) is 18.4 Å². The maximum atomic E-state index is 12.0. The van der Waals surface area contributed by atoms with E-state index < -0.39 is 0 Å². The third kappa shape index (κ3) is 2.98. The van der Waals surface area contributed by atoms with Crippen molar-refractivity contribution in [1.29, 1.82) is 0 Å². The molecule has 2 aromatic heterocycles. The lowest BCUT2D eigenvalue weighted by Crippen LogP contribution is -2.50. The zero-order valence-electron chi connectivity index (χ0n) is 14.1. The van der Waals surface area contributed by atoms with Crippen LogP contribution in [0, 0.1) is 5.92 Å². The van der Waals surface area contributed by atoms with E-state index in [1.807, 2.05) is 31.1 Å². The Morgan fingerprint density at radius 3 is 2.71 bits per heavy atom. The summed E-state index contributed by atoms with van der Waals surface area (Å²) in [4.78, 5) is 25.0. The van der Waals surface area contributed by atoms with Gasteiger partial charge in [-0.1, -0.05) is 0 Å². The Balaban J connectivity index is 1.40. The average molecular weight is 326 g/mol. The first-order valence-electron chi connectivity index (χ1n) is 8.43. The first-order valence-corrected chi connectivity index (χ1v) is 8.43. The van der Waals surface area contributed by atoms with Crippen molar-refractivity contribution in [3.05, 3.63) is 40.4 Å². The molecule has 2 aromatic rings. The van der Waals surface area contributed by atoms with Gasteiger partial charge >= 0.3 is 0 Å². The van der Waals surface area contributed by atoms with Crippen molar-refractivity contribution in [2.24, 2.45) is 5.92 Å². The molecule has 0 bridgehead atoms. The predicted molar refractivity (Wildman–Crippen MR) is 92.5 cm³/mol. The fraction of sp³-hybridized carbons (Fsp3) is 0.529. The van der Waals surface area contributed by atoms with Gasteiger partial charge in [0.15, 0.2) is 0 Å². The largest absolute Gasteiger partial charge is 0.363 e. The second-order valence-electron chi connectivity index (χ2n) is 6.93. The molecule has 7 heteroatoms. The van der Waals surface area contributed by atoms with Crippen LogP contribution in [0.15, 0.2) is 29.2 Å². The van der Waals surface area contributed by atoms with Crippen molar-refractivity contribution in [3.8, 4) is 0 Å². The normalized spacial score (nSPS) is 17.7. The maximum Gasteiger partial charge on any atom is 0.266 e. The predicted octanol–water partition coefficient (Wildman–Crippen LogP) is 1.11. The van der Waals surface area contributed by atoms with Crippen LogP contribution in [0.25, 0.3) is 0 Å². The summed E-state index contributed by atoms with van der Waals surface area (Å²) in [6, 6.07) is 5.43. The molecule has 1 saturated heterocycles. The van der Waals surface area contributed by atoms with Crippen LogP contribution >= 0.6 is 0 Å². The zero-order valence-corrected chi connectivity index (χ0v) is 14.1. The van der Waals surface area contributed by atoms with Crippen LogP contribution in [0.1, 0.15) is 24.5 Å². The van der Waals surface area contributed by atoms with E-state index >= 15 is 0 Å². The third-order valence-corrected chi connectivity index (χ3v) is 4.64. The molecule has 0 unspecified atom stereocenters. The van der Waals surface area contributed by atoms with Crippen molar-refractivity contribution >= 4 is 11.8 Å². The van der Waals surface area contributed by atoms with Gasteiger partial charge in [-0.2, -0.15) is 10.1 Å². The summed E-state index contributed by atoms with van der Waals surface area (Å²) in [5.74, 6) is 2.64. The fourth-order valence-corrected chi connectivity index (χ4v) is 3.03. The molecule has 24 heavy (non-hydrogen) atoms. The third-order valence-electron chi connectivity index (χ3n) is 4.64. The van der Waals surface area contributed by atoms with Crippen molar-refractivity contribution in [1.82, 2.24) is 19.7 Å². The molecule has 4 rings (SSSR count). The van der Waals surface area contributed by atoms with Crippen LogP contribution in [-0.2, 0) is 6.54 Å². The molecule has 0 amide bonds. The molecule has 1 aliphatic heterocycles. The summed E-state index contributed by atoms with van der Waals surface area (Å²) >= 11 is 0. The highest BCUT2D eigenvalue weighted by Gasteiger charge is 2.30. The molecule has 2 fully saturated rings. The molecule has 0 aromatic carbocycles. The van der Waals surface area contributed by atoms with Gasteiger partial charge in [0.05, 0.1) is 12.2 Å². The molecule has 0 radical (unpaired) electrons. The van der Waals surface area contributed by atoms with Crippen molar-refractivity contribution in [3.63, 3.8) is 0 Å². The van der Waals surface area contributed by atoms with Crippen LogP contribution in [-0.4, -0.2) is 46.9 Å². The summed E-state index contributed by atoms with van der Waals surface area (Å²) in [7, 11) is 3.94. The number of hydrogen-bond acceptors (Lipinski definition) is 6. The fourth-order valence-electron chi connectivity index (χ4n) is 3.03. The highest BCUT2D eigenvalue weighted by atomic mass is 16.1. The monoisotopic (exact) mass is 326 g/mol. The second-order valence-corrected chi connectivity index (χ2v) is 6.93. The molecule has 0 spiro atoms. The SMILES string of the molecule is CN(C)c1ccnc(N2CC(Cn3nc(C4CC4)ccc3=O)C2)n1. The van der Waals surface area contributed by atoms with Crippen molar-refractivity contribution < 1.29 is 0 Å². The standard InChI is InChI=1S/C17H22N6O/c1-21(2)15-7-8-18-17(19-15)22-9-12(10-22)11-23-16(24)6-5-14(20-23)13-3-4-13/h5-8,12-13H,3-4,9-11H2,1-2H3. The average Bonchev–Trinajstić information content (AvgIpc) is 3.37. The lowest BCUT2D eigenvalue weighted by atomic mass is 10.0. The Bertz CT molecular complexity index is 792. The molecule has 1 saturated carbocycles. The molecule has 7 nitrogen and oxygen atoms in total. The molecule has 2 aliphatic rings. The molecule has 3 heterocycles. The lowest BCUT2D eigenvalue weighted by Gasteiger charge is -2.39. The summed E-state index contributed by atoms with van der Waals surface area (Å²) in [5.41, 5.74) is 1.05. The highest BCUT2D eigenvalue weighted by molar-refractivity contribution is 5.43. The molecule has 1 aliphatic carbocycles. The number of anilines is 2. The smallest absolute Gasteiger partial charge is 0.266 e. The number of rotatable bonds is 5. The van der Waals surface area contributed by atoms with Crippen LogP contribution in [0.3, 0.4) is 0 Å². The summed E-state index contributed by atoms with van der Waals surface area (Å²) in [5, 5.41) is 4.54. The van der Waals surface area contributed by atoms with Crippen LogP contribution in [0.4, 0.5) is 11.8 Å². The number of hydrogen-bond donors (Lipinski definition) is 0. The van der Waals surface area contributed by atoms with E-state index in [9.17, 15) is 4.79 Å². The second kappa shape index (κ2) is 5.89. The van der Waals surface area contributed by atoms with Gasteiger partial charge in [-0.05, 0) is 25.0 Å². The zero-order chi connectivity index (χ0) is 16.7. The van der Waals surface area contributed by atoms with Gasteiger partial charge in [-0.25, -0.2) is 9.67 Å². The van der Waals surface area contributed by atoms with E-state index in [1.54, 1.807) is 16.9 Å². The van der Waals surface area contributed by atoms with E-state index in [2.05, 4.69) is 20.0 Å². The maximum absolute atomic E-state index is 12.0. The lowest BCUT2D eigenvalue weighted by molar-refractivity contribution is 0.329. The summed E-state index contributed by atoms with van der Waals surface area (Å²) in [6.45, 7) is 2.39. The first kappa shape index (κ1) is 15.1. The van der Waals surface area contributed by atoms with Crippen LogP contribution in [0.2, 0.25) is 0 Å².